The van der Waals surface area contributed by atoms with E-state index in [2.05, 4.69) is 47.9 Å². The fourth-order valence-corrected chi connectivity index (χ4v) is 4.09. The van der Waals surface area contributed by atoms with Gasteiger partial charge in [-0.2, -0.15) is 0 Å². The zero-order valence-corrected chi connectivity index (χ0v) is 17.9. The fraction of sp³-hybridized carbons (Fsp3) is 0.458. The maximum absolute atomic E-state index is 13.2. The van der Waals surface area contributed by atoms with Gasteiger partial charge in [0.15, 0.2) is 0 Å². The molecule has 2 aromatic rings. The van der Waals surface area contributed by atoms with Gasteiger partial charge < -0.3 is 14.5 Å². The Kier molecular flexibility index (Phi) is 7.53. The summed E-state index contributed by atoms with van der Waals surface area (Å²) in [7, 11) is 1.72. The predicted molar refractivity (Wildman–Crippen MR) is 119 cm³/mol. The van der Waals surface area contributed by atoms with Crippen LogP contribution in [0.1, 0.15) is 25.3 Å². The van der Waals surface area contributed by atoms with E-state index >= 15 is 0 Å². The highest BCUT2D eigenvalue weighted by Gasteiger charge is 2.28. The van der Waals surface area contributed by atoms with Crippen molar-refractivity contribution in [1.29, 1.82) is 0 Å². The van der Waals surface area contributed by atoms with Crippen LogP contribution >= 0.6 is 0 Å². The number of likely N-dealkylation sites (N-methyl/N-ethyl adjacent to an activating group) is 1. The van der Waals surface area contributed by atoms with Crippen molar-refractivity contribution in [2.45, 2.75) is 19.8 Å². The summed E-state index contributed by atoms with van der Waals surface area (Å²) in [5.74, 6) is 1.03. The summed E-state index contributed by atoms with van der Waals surface area (Å²) in [6, 6.07) is 18.4. The Balaban J connectivity index is 1.69. The first-order valence-electron chi connectivity index (χ1n) is 10.6. The van der Waals surface area contributed by atoms with Crippen LogP contribution in [0.2, 0.25) is 0 Å². The van der Waals surface area contributed by atoms with E-state index in [-0.39, 0.29) is 11.8 Å². The second-order valence-corrected chi connectivity index (χ2v) is 7.43. The van der Waals surface area contributed by atoms with Gasteiger partial charge in [-0.1, -0.05) is 42.5 Å². The number of piperazine rings is 1. The molecule has 1 heterocycles. The van der Waals surface area contributed by atoms with E-state index in [0.29, 0.717) is 0 Å². The zero-order chi connectivity index (χ0) is 20.6. The Morgan fingerprint density at radius 3 is 2.21 bits per heavy atom. The second kappa shape index (κ2) is 10.3. The summed E-state index contributed by atoms with van der Waals surface area (Å²) in [5, 5.41) is 0. The summed E-state index contributed by atoms with van der Waals surface area (Å²) in [4.78, 5) is 20.0. The highest BCUT2D eigenvalue weighted by atomic mass is 16.5. The maximum Gasteiger partial charge on any atom is 0.231 e. The van der Waals surface area contributed by atoms with Crippen molar-refractivity contribution in [3.05, 3.63) is 60.2 Å². The number of para-hydroxylation sites is 2. The summed E-state index contributed by atoms with van der Waals surface area (Å²) >= 11 is 0. The number of carbonyl (C=O) groups excluding carboxylic acids is 1. The molecule has 0 spiro atoms. The first-order chi connectivity index (χ1) is 14.2. The minimum absolute atomic E-state index is 0.117. The van der Waals surface area contributed by atoms with Gasteiger partial charge in [-0.3, -0.25) is 9.69 Å². The monoisotopic (exact) mass is 395 g/mol. The third-order valence-corrected chi connectivity index (χ3v) is 5.81. The van der Waals surface area contributed by atoms with Gasteiger partial charge in [0.1, 0.15) is 5.75 Å². The van der Waals surface area contributed by atoms with Crippen LogP contribution in [0, 0.1) is 0 Å². The second-order valence-electron chi connectivity index (χ2n) is 7.43. The number of ether oxygens (including phenoxy) is 1. The molecule has 0 saturated carbocycles. The lowest BCUT2D eigenvalue weighted by atomic mass is 9.96. The lowest BCUT2D eigenvalue weighted by Gasteiger charge is -2.38. The average molecular weight is 396 g/mol. The molecule has 0 unspecified atom stereocenters. The molecule has 5 heteroatoms. The molecule has 1 amide bonds. The van der Waals surface area contributed by atoms with Crippen molar-refractivity contribution < 1.29 is 9.53 Å². The van der Waals surface area contributed by atoms with Crippen LogP contribution in [0.4, 0.5) is 5.69 Å². The third kappa shape index (κ3) is 5.10. The molecule has 1 fully saturated rings. The number of amides is 1. The molecule has 2 aromatic carbocycles. The van der Waals surface area contributed by atoms with Crippen LogP contribution in [0.5, 0.6) is 5.75 Å². The van der Waals surface area contributed by atoms with Crippen LogP contribution < -0.4 is 9.64 Å². The Bertz CT molecular complexity index is 769. The van der Waals surface area contributed by atoms with Crippen LogP contribution in [0.3, 0.4) is 0 Å². The van der Waals surface area contributed by atoms with Gasteiger partial charge in [0.25, 0.3) is 0 Å². The zero-order valence-electron chi connectivity index (χ0n) is 17.9. The van der Waals surface area contributed by atoms with Crippen molar-refractivity contribution in [2.24, 2.45) is 0 Å². The molecule has 5 nitrogen and oxygen atoms in total. The van der Waals surface area contributed by atoms with Crippen molar-refractivity contribution in [2.75, 3.05) is 57.8 Å². The largest absolute Gasteiger partial charge is 0.495 e. The molecule has 1 saturated heterocycles. The molecule has 1 aliphatic heterocycles. The van der Waals surface area contributed by atoms with Gasteiger partial charge in [0, 0.05) is 45.8 Å². The topological polar surface area (TPSA) is 36.0 Å². The van der Waals surface area contributed by atoms with E-state index in [9.17, 15) is 4.79 Å². The Labute approximate surface area is 174 Å². The lowest BCUT2D eigenvalue weighted by molar-refractivity contribution is -0.133. The Morgan fingerprint density at radius 2 is 1.59 bits per heavy atom. The number of rotatable bonds is 8. The van der Waals surface area contributed by atoms with Crippen LogP contribution in [-0.2, 0) is 4.79 Å². The Morgan fingerprint density at radius 1 is 0.966 bits per heavy atom. The SMILES string of the molecule is CCN(CC)C(=O)[C@@H](CN1CCN(c2ccccc2OC)CC1)c1ccccc1. The van der Waals surface area contributed by atoms with Crippen LogP contribution in [-0.4, -0.2) is 68.6 Å². The Hall–Kier alpha value is -2.53. The van der Waals surface area contributed by atoms with Gasteiger partial charge in [-0.15, -0.1) is 0 Å². The van der Waals surface area contributed by atoms with E-state index in [1.54, 1.807) is 7.11 Å². The molecule has 0 aromatic heterocycles. The summed E-state index contributed by atoms with van der Waals surface area (Å²) in [6.07, 6.45) is 0. The van der Waals surface area contributed by atoms with E-state index in [1.807, 2.05) is 35.2 Å². The number of anilines is 1. The van der Waals surface area contributed by atoms with Crippen LogP contribution in [0.25, 0.3) is 0 Å². The molecule has 0 N–H and O–H groups in total. The molecule has 0 aliphatic carbocycles. The van der Waals surface area contributed by atoms with Crippen molar-refractivity contribution in [3.63, 3.8) is 0 Å². The molecule has 1 atom stereocenters. The first-order valence-corrected chi connectivity index (χ1v) is 10.6. The minimum atomic E-state index is -0.117. The molecule has 3 rings (SSSR count). The third-order valence-electron chi connectivity index (χ3n) is 5.81. The summed E-state index contributed by atoms with van der Waals surface area (Å²) < 4.78 is 5.52. The number of hydrogen-bond acceptors (Lipinski definition) is 4. The average Bonchev–Trinajstić information content (AvgIpc) is 2.79. The first kappa shape index (κ1) is 21.2. The van der Waals surface area contributed by atoms with Crippen molar-refractivity contribution in [3.8, 4) is 5.75 Å². The number of benzene rings is 2. The molecular weight excluding hydrogens is 362 g/mol. The minimum Gasteiger partial charge on any atom is -0.495 e. The quantitative estimate of drug-likeness (QED) is 0.686. The summed E-state index contributed by atoms with van der Waals surface area (Å²) in [6.45, 7) is 10.1. The highest BCUT2D eigenvalue weighted by molar-refractivity contribution is 5.84. The highest BCUT2D eigenvalue weighted by Crippen LogP contribution is 2.29. The maximum atomic E-state index is 13.2. The molecule has 0 radical (unpaired) electrons. The molecule has 29 heavy (non-hydrogen) atoms. The predicted octanol–water partition coefficient (Wildman–Crippen LogP) is 3.47. The van der Waals surface area contributed by atoms with Gasteiger partial charge in [0.2, 0.25) is 5.91 Å². The van der Waals surface area contributed by atoms with E-state index in [0.717, 1.165) is 62.8 Å². The molecule has 1 aliphatic rings. The molecule has 0 bridgehead atoms. The van der Waals surface area contributed by atoms with Gasteiger partial charge in [0.05, 0.1) is 18.7 Å². The molecule has 156 valence electrons. The van der Waals surface area contributed by atoms with Gasteiger partial charge in [-0.25, -0.2) is 0 Å². The fourth-order valence-electron chi connectivity index (χ4n) is 4.09. The van der Waals surface area contributed by atoms with Gasteiger partial charge >= 0.3 is 0 Å². The number of carbonyl (C=O) groups is 1. The smallest absolute Gasteiger partial charge is 0.231 e. The molecular formula is C24H33N3O2. The standard InChI is InChI=1S/C24H33N3O2/c1-4-26(5-2)24(28)21(20-11-7-6-8-12-20)19-25-15-17-27(18-16-25)22-13-9-10-14-23(22)29-3/h6-14,21H,4-5,15-19H2,1-3H3/t21-/m0/s1. The van der Waals surface area contributed by atoms with Gasteiger partial charge in [-0.05, 0) is 31.5 Å². The van der Waals surface area contributed by atoms with Crippen molar-refractivity contribution >= 4 is 11.6 Å². The number of nitrogens with zero attached hydrogens (tertiary/aromatic N) is 3. The summed E-state index contributed by atoms with van der Waals surface area (Å²) in [5.41, 5.74) is 2.25. The number of methoxy groups -OCH3 is 1. The normalized spacial score (nSPS) is 15.8. The van der Waals surface area contributed by atoms with Crippen LogP contribution in [0.15, 0.2) is 54.6 Å². The van der Waals surface area contributed by atoms with E-state index in [1.165, 1.54) is 0 Å². The lowest BCUT2D eigenvalue weighted by Crippen LogP contribution is -2.49. The van der Waals surface area contributed by atoms with E-state index < -0.39 is 0 Å². The number of hydrogen-bond donors (Lipinski definition) is 0. The van der Waals surface area contributed by atoms with Crippen molar-refractivity contribution in [1.82, 2.24) is 9.80 Å². The van der Waals surface area contributed by atoms with E-state index in [4.69, 9.17) is 4.74 Å².